The van der Waals surface area contributed by atoms with Crippen molar-refractivity contribution in [2.75, 3.05) is 18.1 Å². The fourth-order valence-corrected chi connectivity index (χ4v) is 5.19. The Labute approximate surface area is 183 Å². The predicted molar refractivity (Wildman–Crippen MR) is 125 cm³/mol. The van der Waals surface area contributed by atoms with Gasteiger partial charge in [0, 0.05) is 12.1 Å². The number of thiophene rings is 1. The van der Waals surface area contributed by atoms with Gasteiger partial charge in [0.25, 0.3) is 0 Å². The quantitative estimate of drug-likeness (QED) is 0.417. The van der Waals surface area contributed by atoms with E-state index in [1.165, 1.54) is 5.56 Å². The maximum Gasteiger partial charge on any atom is 0.141 e. The monoisotopic (exact) mass is 427 g/mol. The smallest absolute Gasteiger partial charge is 0.141 e. The van der Waals surface area contributed by atoms with E-state index >= 15 is 0 Å². The predicted octanol–water partition coefficient (Wildman–Crippen LogP) is 5.25. The average molecular weight is 428 g/mol. The average Bonchev–Trinajstić information content (AvgIpc) is 3.26. The molecule has 0 spiro atoms. The molecule has 6 rings (SSSR count). The Hall–Kier alpha value is -3.45. The zero-order valence-electron chi connectivity index (χ0n) is 17.3. The van der Waals surface area contributed by atoms with Gasteiger partial charge in [-0.2, -0.15) is 0 Å². The lowest BCUT2D eigenvalue weighted by Gasteiger charge is -2.22. The minimum Gasteiger partial charge on any atom is -0.491 e. The lowest BCUT2D eigenvalue weighted by atomic mass is 10.0. The molecular weight excluding hydrogens is 406 g/mol. The van der Waals surface area contributed by atoms with E-state index in [1.807, 2.05) is 6.92 Å². The molecular formula is C24H21N5OS. The molecule has 0 atom stereocenters. The maximum absolute atomic E-state index is 6.09. The Morgan fingerprint density at radius 1 is 1.06 bits per heavy atom. The van der Waals surface area contributed by atoms with E-state index in [4.69, 9.17) is 4.74 Å². The number of aryl methyl sites for hydroxylation is 2. The van der Waals surface area contributed by atoms with Crippen molar-refractivity contribution in [3.63, 3.8) is 0 Å². The van der Waals surface area contributed by atoms with Gasteiger partial charge in [0.1, 0.15) is 35.2 Å². The molecule has 154 valence electrons. The molecule has 3 aromatic heterocycles. The van der Waals surface area contributed by atoms with Gasteiger partial charge in [-0.05, 0) is 60.2 Å². The van der Waals surface area contributed by atoms with Gasteiger partial charge >= 0.3 is 0 Å². The number of nitrogens with one attached hydrogen (secondary N) is 1. The first-order valence-electron chi connectivity index (χ1n) is 10.3. The third-order valence-corrected chi connectivity index (χ3v) is 6.81. The molecule has 0 fully saturated rings. The van der Waals surface area contributed by atoms with Gasteiger partial charge in [0.05, 0.1) is 23.0 Å². The highest BCUT2D eigenvalue weighted by Crippen LogP contribution is 2.35. The van der Waals surface area contributed by atoms with E-state index < -0.39 is 0 Å². The van der Waals surface area contributed by atoms with Crippen molar-refractivity contribution in [1.29, 1.82) is 0 Å². The topological polar surface area (TPSA) is 66.9 Å². The molecule has 1 aliphatic heterocycles. The van der Waals surface area contributed by atoms with Gasteiger partial charge in [-0.15, -0.1) is 11.3 Å². The van der Waals surface area contributed by atoms with Gasteiger partial charge in [0.2, 0.25) is 0 Å². The van der Waals surface area contributed by atoms with E-state index in [2.05, 4.69) is 73.5 Å². The van der Waals surface area contributed by atoms with Gasteiger partial charge < -0.3 is 14.6 Å². The molecule has 0 saturated carbocycles. The van der Waals surface area contributed by atoms with Crippen LogP contribution in [0.4, 0.5) is 5.82 Å². The van der Waals surface area contributed by atoms with Crippen molar-refractivity contribution < 1.29 is 4.74 Å². The molecule has 5 aromatic rings. The molecule has 0 aliphatic carbocycles. The summed E-state index contributed by atoms with van der Waals surface area (Å²) in [7, 11) is 0. The van der Waals surface area contributed by atoms with Crippen LogP contribution in [0.5, 0.6) is 5.75 Å². The van der Waals surface area contributed by atoms with Crippen LogP contribution in [0.25, 0.3) is 32.4 Å². The number of fused-ring (bicyclic) bond motifs is 3. The molecule has 1 aliphatic rings. The van der Waals surface area contributed by atoms with Crippen molar-refractivity contribution in [3.05, 3.63) is 65.1 Å². The van der Waals surface area contributed by atoms with Crippen molar-refractivity contribution in [2.45, 2.75) is 20.4 Å². The van der Waals surface area contributed by atoms with Crippen molar-refractivity contribution in [1.82, 2.24) is 19.9 Å². The highest BCUT2D eigenvalue weighted by atomic mass is 32.1. The Kier molecular flexibility index (Phi) is 4.17. The molecule has 0 radical (unpaired) electrons. The van der Waals surface area contributed by atoms with E-state index in [0.717, 1.165) is 68.4 Å². The van der Waals surface area contributed by atoms with Crippen LogP contribution in [0.1, 0.15) is 17.0 Å². The molecule has 0 saturated heterocycles. The van der Waals surface area contributed by atoms with E-state index in [-0.39, 0.29) is 0 Å². The number of H-pyrrole nitrogens is 1. The van der Waals surface area contributed by atoms with Crippen LogP contribution in [-0.4, -0.2) is 33.1 Å². The van der Waals surface area contributed by atoms with Crippen LogP contribution in [0.15, 0.2) is 48.1 Å². The van der Waals surface area contributed by atoms with Gasteiger partial charge in [-0.1, -0.05) is 12.1 Å². The lowest BCUT2D eigenvalue weighted by Crippen LogP contribution is -2.26. The Morgan fingerprint density at radius 2 is 1.94 bits per heavy atom. The number of ether oxygens (including phenoxy) is 1. The standard InChI is InChI=1S/C24H21N5OS/c1-14-12-31-24-22(14)23(25-13-26-24)29-7-8-30-21-6-4-16(9-18(21)11-29)17-3-5-19-20(10-17)28-15(2)27-19/h3-6,9-10,12-13H,7-8,11H2,1-2H3,(H,27,28). The first-order chi connectivity index (χ1) is 15.2. The minimum absolute atomic E-state index is 0.625. The van der Waals surface area contributed by atoms with Crippen molar-refractivity contribution in [3.8, 4) is 16.9 Å². The number of anilines is 1. The summed E-state index contributed by atoms with van der Waals surface area (Å²) in [5, 5.41) is 3.29. The molecule has 0 bridgehead atoms. The molecule has 1 N–H and O–H groups in total. The third-order valence-electron chi connectivity index (χ3n) is 5.81. The number of aromatic nitrogens is 4. The summed E-state index contributed by atoms with van der Waals surface area (Å²) in [6.45, 7) is 6.26. The second kappa shape index (κ2) is 7.06. The van der Waals surface area contributed by atoms with E-state index in [0.29, 0.717) is 6.61 Å². The number of imidazole rings is 1. The highest BCUT2D eigenvalue weighted by molar-refractivity contribution is 7.17. The number of aromatic amines is 1. The zero-order chi connectivity index (χ0) is 20.9. The molecule has 4 heterocycles. The van der Waals surface area contributed by atoms with Crippen LogP contribution < -0.4 is 9.64 Å². The van der Waals surface area contributed by atoms with Crippen LogP contribution >= 0.6 is 11.3 Å². The molecule has 31 heavy (non-hydrogen) atoms. The van der Waals surface area contributed by atoms with Crippen LogP contribution in [0, 0.1) is 13.8 Å². The first kappa shape index (κ1) is 18.3. The maximum atomic E-state index is 6.09. The van der Waals surface area contributed by atoms with Crippen LogP contribution in [0.2, 0.25) is 0 Å². The molecule has 2 aromatic carbocycles. The number of rotatable bonds is 2. The van der Waals surface area contributed by atoms with Gasteiger partial charge in [-0.25, -0.2) is 15.0 Å². The number of nitrogens with zero attached hydrogens (tertiary/aromatic N) is 4. The highest BCUT2D eigenvalue weighted by Gasteiger charge is 2.21. The number of benzene rings is 2. The molecule has 0 amide bonds. The summed E-state index contributed by atoms with van der Waals surface area (Å²) in [4.78, 5) is 20.3. The summed E-state index contributed by atoms with van der Waals surface area (Å²) in [5.74, 6) is 2.86. The lowest BCUT2D eigenvalue weighted by molar-refractivity contribution is 0.331. The fourth-order valence-electron chi connectivity index (χ4n) is 4.31. The Bertz CT molecular complexity index is 1440. The summed E-state index contributed by atoms with van der Waals surface area (Å²) in [6.07, 6.45) is 1.66. The van der Waals surface area contributed by atoms with Crippen LogP contribution in [0.3, 0.4) is 0 Å². The normalized spacial score (nSPS) is 13.9. The number of hydrogen-bond donors (Lipinski definition) is 1. The summed E-state index contributed by atoms with van der Waals surface area (Å²) in [5.41, 5.74) is 6.75. The van der Waals surface area contributed by atoms with Gasteiger partial charge in [-0.3, -0.25) is 0 Å². The van der Waals surface area contributed by atoms with Crippen molar-refractivity contribution in [2.24, 2.45) is 0 Å². The van der Waals surface area contributed by atoms with Crippen molar-refractivity contribution >= 4 is 38.4 Å². The van der Waals surface area contributed by atoms with E-state index in [1.54, 1.807) is 17.7 Å². The summed E-state index contributed by atoms with van der Waals surface area (Å²) in [6, 6.07) is 12.8. The van der Waals surface area contributed by atoms with E-state index in [9.17, 15) is 0 Å². The Balaban J connectivity index is 1.40. The Morgan fingerprint density at radius 3 is 2.87 bits per heavy atom. The van der Waals surface area contributed by atoms with Gasteiger partial charge in [0.15, 0.2) is 0 Å². The molecule has 0 unspecified atom stereocenters. The number of hydrogen-bond acceptors (Lipinski definition) is 6. The first-order valence-corrected chi connectivity index (χ1v) is 11.2. The molecule has 6 nitrogen and oxygen atoms in total. The molecule has 7 heteroatoms. The minimum atomic E-state index is 0.625. The third kappa shape index (κ3) is 3.13. The summed E-state index contributed by atoms with van der Waals surface area (Å²) >= 11 is 1.67. The second-order valence-electron chi connectivity index (χ2n) is 7.94. The zero-order valence-corrected chi connectivity index (χ0v) is 18.2. The fraction of sp³-hybridized carbons (Fsp3) is 0.208. The van der Waals surface area contributed by atoms with Crippen LogP contribution in [-0.2, 0) is 6.54 Å². The summed E-state index contributed by atoms with van der Waals surface area (Å²) < 4.78 is 6.09. The SMILES string of the molecule is Cc1nc2ccc(-c3ccc4c(c3)CN(c3ncnc5scc(C)c35)CCO4)cc2[nH]1. The largest absolute Gasteiger partial charge is 0.491 e. The second-order valence-corrected chi connectivity index (χ2v) is 8.80.